The van der Waals surface area contributed by atoms with Crippen LogP contribution in [0.4, 0.5) is 0 Å². The van der Waals surface area contributed by atoms with Gasteiger partial charge in [0.05, 0.1) is 6.54 Å². The lowest BCUT2D eigenvalue weighted by Crippen LogP contribution is -2.33. The molecular weight excluding hydrogens is 364 g/mol. The Morgan fingerprint density at radius 1 is 0.897 bits per heavy atom. The summed E-state index contributed by atoms with van der Waals surface area (Å²) in [6, 6.07) is 17.4. The van der Waals surface area contributed by atoms with Crippen LogP contribution in [0.25, 0.3) is 0 Å². The predicted octanol–water partition coefficient (Wildman–Crippen LogP) is 2.79. The molecule has 0 bridgehead atoms. The highest BCUT2D eigenvalue weighted by molar-refractivity contribution is 5.76. The summed E-state index contributed by atoms with van der Waals surface area (Å²) in [6.45, 7) is 2.05. The Bertz CT molecular complexity index is 925. The average molecular weight is 390 g/mol. The van der Waals surface area contributed by atoms with Crippen LogP contribution in [0, 0.1) is 0 Å². The number of aryl methyl sites for hydroxylation is 3. The van der Waals surface area contributed by atoms with Gasteiger partial charge in [-0.1, -0.05) is 42.5 Å². The monoisotopic (exact) mass is 390 g/mol. The molecule has 0 spiro atoms. The number of phenols is 1. The highest BCUT2D eigenvalue weighted by atomic mass is 16.3. The second kappa shape index (κ2) is 8.90. The molecule has 4 rings (SSSR count). The molecule has 0 aliphatic carbocycles. The molecule has 29 heavy (non-hydrogen) atoms. The molecule has 2 aromatic carbocycles. The second-order valence-electron chi connectivity index (χ2n) is 7.45. The summed E-state index contributed by atoms with van der Waals surface area (Å²) >= 11 is 0. The number of hydrogen-bond donors (Lipinski definition) is 1. The molecule has 0 unspecified atom stereocenters. The van der Waals surface area contributed by atoms with Gasteiger partial charge in [-0.15, -0.1) is 0 Å². The largest absolute Gasteiger partial charge is 0.508 e. The summed E-state index contributed by atoms with van der Waals surface area (Å²) in [6.07, 6.45) is 3.67. The molecular formula is C23H26N4O2. The van der Waals surface area contributed by atoms with E-state index in [0.29, 0.717) is 32.5 Å². The summed E-state index contributed by atoms with van der Waals surface area (Å²) in [4.78, 5) is 19.2. The first-order chi connectivity index (χ1) is 14.2. The Kier molecular flexibility index (Phi) is 5.89. The van der Waals surface area contributed by atoms with Crippen molar-refractivity contribution in [2.45, 2.75) is 38.6 Å². The molecule has 6 heteroatoms. The number of aromatic nitrogens is 3. The fraction of sp³-hybridized carbons (Fsp3) is 0.348. The minimum absolute atomic E-state index is 0.160. The van der Waals surface area contributed by atoms with Crippen molar-refractivity contribution >= 4 is 5.91 Å². The Hall–Kier alpha value is -3.15. The van der Waals surface area contributed by atoms with Gasteiger partial charge in [0.2, 0.25) is 5.91 Å². The molecule has 0 atom stereocenters. The van der Waals surface area contributed by atoms with Gasteiger partial charge >= 0.3 is 0 Å². The third-order valence-corrected chi connectivity index (χ3v) is 5.38. The van der Waals surface area contributed by atoms with Crippen LogP contribution in [-0.2, 0) is 37.0 Å². The summed E-state index contributed by atoms with van der Waals surface area (Å²) in [5, 5.41) is 14.0. The van der Waals surface area contributed by atoms with Gasteiger partial charge in [-0.05, 0) is 36.1 Å². The molecule has 1 aliphatic rings. The third-order valence-electron chi connectivity index (χ3n) is 5.38. The molecule has 3 aromatic rings. The van der Waals surface area contributed by atoms with Crippen molar-refractivity contribution in [2.75, 3.05) is 13.1 Å². The van der Waals surface area contributed by atoms with Crippen LogP contribution in [0.2, 0.25) is 0 Å². The summed E-state index contributed by atoms with van der Waals surface area (Å²) in [5.41, 5.74) is 2.35. The molecule has 6 nitrogen and oxygen atoms in total. The number of carbonyl (C=O) groups is 1. The van der Waals surface area contributed by atoms with E-state index in [0.717, 1.165) is 36.5 Å². The second-order valence-corrected chi connectivity index (χ2v) is 7.45. The van der Waals surface area contributed by atoms with Crippen molar-refractivity contribution in [2.24, 2.45) is 0 Å². The first-order valence-electron chi connectivity index (χ1n) is 10.2. The topological polar surface area (TPSA) is 71.2 Å². The molecule has 2 heterocycles. The summed E-state index contributed by atoms with van der Waals surface area (Å²) in [7, 11) is 0. The lowest BCUT2D eigenvalue weighted by Gasteiger charge is -2.20. The standard InChI is InChI=1S/C23H26N4O2/c28-20-10-6-19(7-11-20)9-13-23(29)26-15-14-22-24-21(25-27(22)17-16-26)12-8-18-4-2-1-3-5-18/h1-7,10-11,28H,8-9,12-17H2. The van der Waals surface area contributed by atoms with Crippen LogP contribution in [0.15, 0.2) is 54.6 Å². The lowest BCUT2D eigenvalue weighted by molar-refractivity contribution is -0.131. The minimum Gasteiger partial charge on any atom is -0.508 e. The van der Waals surface area contributed by atoms with Gasteiger partial charge in [-0.2, -0.15) is 5.10 Å². The van der Waals surface area contributed by atoms with Crippen molar-refractivity contribution in [1.29, 1.82) is 0 Å². The minimum atomic E-state index is 0.160. The third kappa shape index (κ3) is 5.02. The Morgan fingerprint density at radius 3 is 2.45 bits per heavy atom. The lowest BCUT2D eigenvalue weighted by atomic mass is 10.1. The van der Waals surface area contributed by atoms with Gasteiger partial charge in [0.1, 0.15) is 11.6 Å². The predicted molar refractivity (Wildman–Crippen MR) is 111 cm³/mol. The summed E-state index contributed by atoms with van der Waals surface area (Å²) < 4.78 is 1.97. The van der Waals surface area contributed by atoms with Gasteiger partial charge in [-0.3, -0.25) is 4.79 Å². The van der Waals surface area contributed by atoms with Gasteiger partial charge in [0.15, 0.2) is 5.82 Å². The zero-order valence-electron chi connectivity index (χ0n) is 16.5. The fourth-order valence-electron chi connectivity index (χ4n) is 3.68. The van der Waals surface area contributed by atoms with Gasteiger partial charge in [0.25, 0.3) is 0 Å². The number of nitrogens with zero attached hydrogens (tertiary/aromatic N) is 4. The molecule has 150 valence electrons. The van der Waals surface area contributed by atoms with Crippen molar-refractivity contribution in [1.82, 2.24) is 19.7 Å². The molecule has 0 fully saturated rings. The van der Waals surface area contributed by atoms with E-state index in [2.05, 4.69) is 29.4 Å². The maximum atomic E-state index is 12.6. The number of carbonyl (C=O) groups excluding carboxylic acids is 1. The zero-order chi connectivity index (χ0) is 20.1. The number of rotatable bonds is 6. The van der Waals surface area contributed by atoms with Crippen molar-refractivity contribution < 1.29 is 9.90 Å². The molecule has 0 radical (unpaired) electrons. The van der Waals surface area contributed by atoms with E-state index in [4.69, 9.17) is 4.98 Å². The quantitative estimate of drug-likeness (QED) is 0.703. The maximum absolute atomic E-state index is 12.6. The van der Waals surface area contributed by atoms with Gasteiger partial charge in [-0.25, -0.2) is 9.67 Å². The van der Waals surface area contributed by atoms with E-state index in [1.54, 1.807) is 12.1 Å². The Labute approximate surface area is 170 Å². The number of phenolic OH excluding ortho intramolecular Hbond substituents is 1. The van der Waals surface area contributed by atoms with Crippen molar-refractivity contribution in [3.05, 3.63) is 77.4 Å². The molecule has 0 saturated carbocycles. The number of aromatic hydroxyl groups is 1. The van der Waals surface area contributed by atoms with Crippen LogP contribution in [0.5, 0.6) is 5.75 Å². The smallest absolute Gasteiger partial charge is 0.222 e. The zero-order valence-corrected chi connectivity index (χ0v) is 16.5. The van der Waals surface area contributed by atoms with E-state index in [9.17, 15) is 9.90 Å². The highest BCUT2D eigenvalue weighted by Gasteiger charge is 2.20. The molecule has 1 amide bonds. The molecule has 1 N–H and O–H groups in total. The fourth-order valence-corrected chi connectivity index (χ4v) is 3.68. The molecule has 1 aliphatic heterocycles. The van der Waals surface area contributed by atoms with Crippen LogP contribution >= 0.6 is 0 Å². The van der Waals surface area contributed by atoms with E-state index >= 15 is 0 Å². The Balaban J connectivity index is 1.28. The van der Waals surface area contributed by atoms with E-state index in [1.165, 1.54) is 5.56 Å². The van der Waals surface area contributed by atoms with Crippen LogP contribution in [0.1, 0.15) is 29.2 Å². The van der Waals surface area contributed by atoms with Crippen molar-refractivity contribution in [3.63, 3.8) is 0 Å². The number of hydrogen-bond acceptors (Lipinski definition) is 4. The van der Waals surface area contributed by atoms with Crippen molar-refractivity contribution in [3.8, 4) is 5.75 Å². The van der Waals surface area contributed by atoms with E-state index in [1.807, 2.05) is 27.8 Å². The van der Waals surface area contributed by atoms with Gasteiger partial charge < -0.3 is 10.0 Å². The number of amides is 1. The van der Waals surface area contributed by atoms with Crippen LogP contribution < -0.4 is 0 Å². The normalized spacial score (nSPS) is 13.7. The van der Waals surface area contributed by atoms with E-state index < -0.39 is 0 Å². The summed E-state index contributed by atoms with van der Waals surface area (Å²) in [5.74, 6) is 2.27. The molecule has 1 aromatic heterocycles. The van der Waals surface area contributed by atoms with E-state index in [-0.39, 0.29) is 11.7 Å². The first kappa shape index (κ1) is 19.2. The Morgan fingerprint density at radius 2 is 1.66 bits per heavy atom. The first-order valence-corrected chi connectivity index (χ1v) is 10.2. The van der Waals surface area contributed by atoms with Crippen LogP contribution in [-0.4, -0.2) is 43.8 Å². The number of benzene rings is 2. The maximum Gasteiger partial charge on any atom is 0.222 e. The van der Waals surface area contributed by atoms with Crippen LogP contribution in [0.3, 0.4) is 0 Å². The average Bonchev–Trinajstić information content (AvgIpc) is 3.04. The highest BCUT2D eigenvalue weighted by Crippen LogP contribution is 2.14. The molecule has 0 saturated heterocycles. The van der Waals surface area contributed by atoms with Gasteiger partial charge in [0, 0.05) is 32.4 Å². The number of fused-ring (bicyclic) bond motifs is 1. The SMILES string of the molecule is O=C(CCc1ccc(O)cc1)N1CCc2nc(CCc3ccccc3)nn2CC1.